The van der Waals surface area contributed by atoms with Crippen LogP contribution in [0, 0.1) is 0 Å². The van der Waals surface area contributed by atoms with Gasteiger partial charge >= 0.3 is 6.09 Å². The van der Waals surface area contributed by atoms with E-state index >= 15 is 0 Å². The number of aromatic nitrogens is 1. The van der Waals surface area contributed by atoms with Crippen LogP contribution < -0.4 is 15.0 Å². The summed E-state index contributed by atoms with van der Waals surface area (Å²) < 4.78 is 24.0. The largest absolute Gasteiger partial charge is 0.493 e. The summed E-state index contributed by atoms with van der Waals surface area (Å²) >= 11 is 0. The number of amides is 1. The second kappa shape index (κ2) is 8.77. The fraction of sp³-hybridized carbons (Fsp3) is 0.400. The van der Waals surface area contributed by atoms with E-state index in [4.69, 9.17) is 23.9 Å². The molecule has 2 atom stereocenters. The lowest BCUT2D eigenvalue weighted by Gasteiger charge is -2.31. The van der Waals surface area contributed by atoms with Crippen LogP contribution in [0.15, 0.2) is 45.6 Å². The summed E-state index contributed by atoms with van der Waals surface area (Å²) in [6.45, 7) is 1.32. The van der Waals surface area contributed by atoms with Crippen LogP contribution in [0.25, 0.3) is 10.8 Å². The van der Waals surface area contributed by atoms with Gasteiger partial charge in [-0.05, 0) is 38.4 Å². The Labute approximate surface area is 202 Å². The number of benzene rings is 1. The number of aliphatic imine (C=N–C) groups is 1. The van der Waals surface area contributed by atoms with Crippen molar-refractivity contribution in [2.24, 2.45) is 4.99 Å². The summed E-state index contributed by atoms with van der Waals surface area (Å²) in [7, 11) is 8.61. The number of pyridine rings is 1. The minimum atomic E-state index is -0.562. The highest BCUT2D eigenvalue weighted by molar-refractivity contribution is 6.03. The van der Waals surface area contributed by atoms with Crippen molar-refractivity contribution in [3.8, 4) is 11.5 Å². The number of ether oxygens (including phenoxy) is 4. The number of fused-ring (bicyclic) bond motifs is 6. The molecule has 0 bridgehead atoms. The van der Waals surface area contributed by atoms with Crippen molar-refractivity contribution in [2.45, 2.75) is 18.5 Å². The smallest absolute Gasteiger partial charge is 0.414 e. The molecule has 3 aliphatic rings. The molecule has 3 heterocycles. The number of hydrogen-bond donors (Lipinski definition) is 0. The Hall–Kier alpha value is -3.79. The average molecular weight is 481 g/mol. The first-order valence-corrected chi connectivity index (χ1v) is 11.3. The molecule has 10 heteroatoms. The predicted molar refractivity (Wildman–Crippen MR) is 130 cm³/mol. The highest BCUT2D eigenvalue weighted by Crippen LogP contribution is 2.41. The van der Waals surface area contributed by atoms with Gasteiger partial charge in [-0.2, -0.15) is 0 Å². The minimum Gasteiger partial charge on any atom is -0.493 e. The molecule has 2 aliphatic heterocycles. The van der Waals surface area contributed by atoms with E-state index in [2.05, 4.69) is 0 Å². The van der Waals surface area contributed by atoms with Crippen molar-refractivity contribution in [2.75, 3.05) is 48.6 Å². The molecule has 1 aromatic heterocycles. The van der Waals surface area contributed by atoms with Crippen LogP contribution in [0.4, 0.5) is 4.79 Å². The van der Waals surface area contributed by atoms with Gasteiger partial charge in [-0.1, -0.05) is 0 Å². The Kier molecular flexibility index (Phi) is 5.76. The fourth-order valence-electron chi connectivity index (χ4n) is 4.56. The molecule has 10 nitrogen and oxygen atoms in total. The average Bonchev–Trinajstić information content (AvgIpc) is 3.29. The van der Waals surface area contributed by atoms with Crippen LogP contribution in [0.3, 0.4) is 0 Å². The van der Waals surface area contributed by atoms with Gasteiger partial charge < -0.3 is 33.3 Å². The standard InChI is InChI=1S/C25H28N4O6/c1-27(2)6-7-29-23-16-10-20-21(34-13-33-20)11-18(16)26-12-17(23)14-8-19(32-5)22(9-15(14)24(29)30)35-25(31)28(3)4/h8-12,16,18H,6-7,13H2,1-5H3. The van der Waals surface area contributed by atoms with E-state index in [0.29, 0.717) is 41.1 Å². The summed E-state index contributed by atoms with van der Waals surface area (Å²) in [6.07, 6.45) is 5.18. The highest BCUT2D eigenvalue weighted by atomic mass is 16.7. The molecule has 1 aliphatic carbocycles. The van der Waals surface area contributed by atoms with Gasteiger partial charge in [0.1, 0.15) is 0 Å². The molecular weight excluding hydrogens is 452 g/mol. The third kappa shape index (κ3) is 3.93. The number of rotatable bonds is 5. The Morgan fingerprint density at radius 1 is 1.11 bits per heavy atom. The van der Waals surface area contributed by atoms with Gasteiger partial charge in [-0.3, -0.25) is 9.79 Å². The highest BCUT2D eigenvalue weighted by Gasteiger charge is 2.36. The lowest BCUT2D eigenvalue weighted by atomic mass is 9.84. The van der Waals surface area contributed by atoms with E-state index in [1.165, 1.54) is 12.0 Å². The maximum Gasteiger partial charge on any atom is 0.414 e. The second-order valence-electron chi connectivity index (χ2n) is 9.13. The summed E-state index contributed by atoms with van der Waals surface area (Å²) in [5.74, 6) is 1.71. The second-order valence-corrected chi connectivity index (χ2v) is 9.13. The zero-order valence-corrected chi connectivity index (χ0v) is 20.4. The Bertz CT molecular complexity index is 1350. The van der Waals surface area contributed by atoms with Crippen LogP contribution in [-0.4, -0.2) is 81.4 Å². The van der Waals surface area contributed by atoms with Crippen LogP contribution in [0.1, 0.15) is 17.2 Å². The van der Waals surface area contributed by atoms with Crippen molar-refractivity contribution < 1.29 is 23.7 Å². The van der Waals surface area contributed by atoms with Crippen LogP contribution in [0.5, 0.6) is 11.5 Å². The van der Waals surface area contributed by atoms with E-state index in [1.807, 2.05) is 31.1 Å². The van der Waals surface area contributed by atoms with Gasteiger partial charge in [0.15, 0.2) is 23.0 Å². The topological polar surface area (TPSA) is 94.8 Å². The van der Waals surface area contributed by atoms with E-state index in [0.717, 1.165) is 11.3 Å². The lowest BCUT2D eigenvalue weighted by Crippen LogP contribution is -2.35. The Morgan fingerprint density at radius 2 is 1.83 bits per heavy atom. The number of carbonyl (C=O) groups is 1. The zero-order valence-electron chi connectivity index (χ0n) is 20.4. The van der Waals surface area contributed by atoms with Crippen LogP contribution >= 0.6 is 0 Å². The first-order valence-electron chi connectivity index (χ1n) is 11.3. The maximum absolute atomic E-state index is 13.9. The van der Waals surface area contributed by atoms with E-state index < -0.39 is 6.09 Å². The molecule has 184 valence electrons. The third-order valence-electron chi connectivity index (χ3n) is 6.35. The number of nitrogens with zero attached hydrogens (tertiary/aromatic N) is 4. The van der Waals surface area contributed by atoms with Gasteiger partial charge in [0.05, 0.1) is 18.5 Å². The van der Waals surface area contributed by atoms with Gasteiger partial charge in [0, 0.05) is 56.0 Å². The first-order chi connectivity index (χ1) is 16.8. The molecule has 0 radical (unpaired) electrons. The molecule has 1 fully saturated rings. The van der Waals surface area contributed by atoms with E-state index in [-0.39, 0.29) is 30.1 Å². The minimum absolute atomic E-state index is 0.170. The van der Waals surface area contributed by atoms with Crippen molar-refractivity contribution in [3.05, 3.63) is 57.4 Å². The normalized spacial score (nSPS) is 19.7. The molecule has 1 aromatic carbocycles. The molecule has 0 spiro atoms. The van der Waals surface area contributed by atoms with Gasteiger partial charge in [-0.25, -0.2) is 4.79 Å². The monoisotopic (exact) mass is 480 g/mol. The summed E-state index contributed by atoms with van der Waals surface area (Å²) in [5, 5.41) is 1.11. The summed E-state index contributed by atoms with van der Waals surface area (Å²) in [5.41, 5.74) is 1.52. The Balaban J connectivity index is 1.74. The molecule has 0 N–H and O–H groups in total. The molecular formula is C25H28N4O6. The van der Waals surface area contributed by atoms with E-state index in [1.54, 1.807) is 37.0 Å². The van der Waals surface area contributed by atoms with Gasteiger partial charge in [0.25, 0.3) is 5.56 Å². The maximum atomic E-state index is 13.9. The summed E-state index contributed by atoms with van der Waals surface area (Å²) in [4.78, 5) is 34.3. The molecule has 2 unspecified atom stereocenters. The van der Waals surface area contributed by atoms with Gasteiger partial charge in [0.2, 0.25) is 6.79 Å². The fourth-order valence-corrected chi connectivity index (χ4v) is 4.56. The number of methoxy groups -OCH3 is 1. The third-order valence-corrected chi connectivity index (χ3v) is 6.35. The van der Waals surface area contributed by atoms with Crippen molar-refractivity contribution >= 4 is 23.1 Å². The summed E-state index contributed by atoms with van der Waals surface area (Å²) in [6, 6.07) is 3.12. The number of carbonyl (C=O) groups excluding carboxylic acids is 1. The first kappa shape index (κ1) is 23.0. The molecule has 5 rings (SSSR count). The van der Waals surface area contributed by atoms with Gasteiger partial charge in [-0.15, -0.1) is 0 Å². The van der Waals surface area contributed by atoms with Crippen molar-refractivity contribution in [3.63, 3.8) is 0 Å². The number of likely N-dealkylation sites (N-methyl/N-ethyl adjacent to an activating group) is 1. The van der Waals surface area contributed by atoms with Crippen molar-refractivity contribution in [1.29, 1.82) is 0 Å². The molecule has 35 heavy (non-hydrogen) atoms. The zero-order chi connectivity index (χ0) is 24.9. The van der Waals surface area contributed by atoms with Crippen molar-refractivity contribution in [1.82, 2.24) is 14.4 Å². The molecule has 2 aromatic rings. The molecule has 1 saturated heterocycles. The Morgan fingerprint density at radius 3 is 2.51 bits per heavy atom. The molecule has 1 amide bonds. The van der Waals surface area contributed by atoms with Crippen LogP contribution in [0.2, 0.25) is 0 Å². The number of hydrogen-bond acceptors (Lipinski definition) is 8. The molecule has 0 saturated carbocycles. The predicted octanol–water partition coefficient (Wildman–Crippen LogP) is 2.30. The quantitative estimate of drug-likeness (QED) is 0.648. The van der Waals surface area contributed by atoms with Crippen LogP contribution in [-0.2, 0) is 16.0 Å². The lowest BCUT2D eigenvalue weighted by molar-refractivity contribution is 0.0977. The SMILES string of the molecule is COc1cc2c3c(n(CCN(C)C)c(=O)c2cc1OC(=O)N(C)C)C1C=C2OCOC2=CC1N=C3. The van der Waals surface area contributed by atoms with E-state index in [9.17, 15) is 9.59 Å².